The molecule has 1 amide bonds. The van der Waals surface area contributed by atoms with Crippen LogP contribution in [0.15, 0.2) is 18.2 Å². The number of rotatable bonds is 5. The van der Waals surface area contributed by atoms with Crippen LogP contribution in [0.25, 0.3) is 0 Å². The Morgan fingerprint density at radius 3 is 2.55 bits per heavy atom. The molecule has 0 saturated heterocycles. The molecule has 0 spiro atoms. The molecule has 0 aromatic heterocycles. The van der Waals surface area contributed by atoms with E-state index < -0.39 is 18.0 Å². The second kappa shape index (κ2) is 6.81. The van der Waals surface area contributed by atoms with Crippen LogP contribution < -0.4 is 9.64 Å². The lowest BCUT2D eigenvalue weighted by Crippen LogP contribution is -2.35. The molecule has 0 saturated carbocycles. The van der Waals surface area contributed by atoms with Gasteiger partial charge < -0.3 is 9.47 Å². The van der Waals surface area contributed by atoms with Crippen LogP contribution in [-0.4, -0.2) is 32.0 Å². The number of para-hydroxylation sites is 1. The molecule has 1 aromatic rings. The summed E-state index contributed by atoms with van der Waals surface area (Å²) < 4.78 is 46.0. The average molecular weight is 312 g/mol. The quantitative estimate of drug-likeness (QED) is 0.619. The summed E-state index contributed by atoms with van der Waals surface area (Å²) >= 11 is 5.46. The Kier molecular flexibility index (Phi) is 5.64. The second-order valence-electron chi connectivity index (χ2n) is 3.84. The molecule has 0 aliphatic rings. The Hall–Kier alpha value is -1.47. The highest BCUT2D eigenvalue weighted by Crippen LogP contribution is 2.35. The number of anilines is 1. The number of nitrogens with zero attached hydrogens (tertiary/aromatic N) is 1. The number of hydrogen-bond acceptors (Lipinski definition) is 3. The van der Waals surface area contributed by atoms with Crippen LogP contribution in [0.4, 0.5) is 18.9 Å². The lowest BCUT2D eigenvalue weighted by atomic mass is 10.1. The van der Waals surface area contributed by atoms with E-state index >= 15 is 0 Å². The summed E-state index contributed by atoms with van der Waals surface area (Å²) in [6, 6.07) is 4.08. The summed E-state index contributed by atoms with van der Waals surface area (Å²) in [5, 5.41) is 0. The van der Waals surface area contributed by atoms with E-state index in [-0.39, 0.29) is 18.3 Å². The summed E-state index contributed by atoms with van der Waals surface area (Å²) in [5.41, 5.74) is 0.416. The molecular formula is C12H13ClF3NO3. The molecule has 0 fully saturated rings. The fraction of sp³-hybridized carbons (Fsp3) is 0.417. The number of amides is 1. The first-order chi connectivity index (χ1) is 9.30. The van der Waals surface area contributed by atoms with Crippen molar-refractivity contribution >= 4 is 23.2 Å². The lowest BCUT2D eigenvalue weighted by Gasteiger charge is -2.25. The fourth-order valence-corrected chi connectivity index (χ4v) is 1.79. The predicted molar refractivity (Wildman–Crippen MR) is 67.9 cm³/mol. The molecule has 0 aliphatic heterocycles. The van der Waals surface area contributed by atoms with Crippen LogP contribution in [-0.2, 0) is 9.53 Å². The van der Waals surface area contributed by atoms with Gasteiger partial charge in [0.2, 0.25) is 5.91 Å². The maximum absolute atomic E-state index is 12.4. The van der Waals surface area contributed by atoms with Gasteiger partial charge in [0.15, 0.2) is 5.75 Å². The van der Waals surface area contributed by atoms with Gasteiger partial charge in [0, 0.05) is 7.11 Å². The number of carbonyl (C=O) groups is 1. The van der Waals surface area contributed by atoms with Gasteiger partial charge in [0.05, 0.1) is 5.69 Å². The zero-order valence-corrected chi connectivity index (χ0v) is 11.6. The van der Waals surface area contributed by atoms with Gasteiger partial charge in [-0.3, -0.25) is 9.69 Å². The summed E-state index contributed by atoms with van der Waals surface area (Å²) in [6.45, 7) is 1.33. The minimum absolute atomic E-state index is 0.0164. The van der Waals surface area contributed by atoms with E-state index in [9.17, 15) is 18.0 Å². The molecule has 8 heteroatoms. The summed E-state index contributed by atoms with van der Waals surface area (Å²) in [7, 11) is 1.32. The highest BCUT2D eigenvalue weighted by molar-refractivity contribution is 6.29. The Bertz CT molecular complexity index is 480. The summed E-state index contributed by atoms with van der Waals surface area (Å²) in [4.78, 5) is 12.8. The normalized spacial score (nSPS) is 11.3. The Balaban J connectivity index is 3.28. The van der Waals surface area contributed by atoms with E-state index in [1.165, 1.54) is 13.2 Å². The van der Waals surface area contributed by atoms with Crippen molar-refractivity contribution in [1.29, 1.82) is 0 Å². The number of benzene rings is 1. The van der Waals surface area contributed by atoms with Crippen molar-refractivity contribution in [2.45, 2.75) is 13.3 Å². The fourth-order valence-electron chi connectivity index (χ4n) is 1.65. The van der Waals surface area contributed by atoms with E-state index in [1.54, 1.807) is 13.0 Å². The molecule has 0 heterocycles. The van der Waals surface area contributed by atoms with Crippen molar-refractivity contribution < 1.29 is 27.4 Å². The van der Waals surface area contributed by atoms with Crippen LogP contribution >= 0.6 is 11.6 Å². The van der Waals surface area contributed by atoms with Crippen molar-refractivity contribution in [3.05, 3.63) is 23.8 Å². The minimum atomic E-state index is -4.86. The highest BCUT2D eigenvalue weighted by Gasteiger charge is 2.33. The predicted octanol–water partition coefficient (Wildman–Crippen LogP) is 3.07. The molecule has 0 unspecified atom stereocenters. The van der Waals surface area contributed by atoms with E-state index in [2.05, 4.69) is 4.74 Å². The standard InChI is InChI=1S/C12H13ClF3NO3/c1-8-4-3-5-9(20-12(14,15)16)11(8)17(7-19-2)10(18)6-13/h3-5H,6-7H2,1-2H3. The maximum atomic E-state index is 12.4. The molecule has 0 radical (unpaired) electrons. The van der Waals surface area contributed by atoms with Gasteiger partial charge in [-0.15, -0.1) is 24.8 Å². The summed E-state index contributed by atoms with van der Waals surface area (Å²) in [5.74, 6) is -1.45. The van der Waals surface area contributed by atoms with E-state index in [1.807, 2.05) is 0 Å². The van der Waals surface area contributed by atoms with Crippen molar-refractivity contribution in [2.75, 3.05) is 24.6 Å². The number of halogens is 4. The minimum Gasteiger partial charge on any atom is -0.404 e. The summed E-state index contributed by atoms with van der Waals surface area (Å²) in [6.07, 6.45) is -4.86. The zero-order valence-electron chi connectivity index (χ0n) is 10.8. The van der Waals surface area contributed by atoms with Crippen molar-refractivity contribution in [1.82, 2.24) is 0 Å². The van der Waals surface area contributed by atoms with Crippen LogP contribution in [0.5, 0.6) is 5.75 Å². The second-order valence-corrected chi connectivity index (χ2v) is 4.11. The first-order valence-corrected chi connectivity index (χ1v) is 6.04. The molecule has 0 aliphatic carbocycles. The third-order valence-electron chi connectivity index (χ3n) is 2.37. The Morgan fingerprint density at radius 2 is 2.05 bits per heavy atom. The number of methoxy groups -OCH3 is 1. The SMILES string of the molecule is COCN(C(=O)CCl)c1c(C)cccc1OC(F)(F)F. The van der Waals surface area contributed by atoms with Crippen molar-refractivity contribution in [2.24, 2.45) is 0 Å². The zero-order chi connectivity index (χ0) is 15.3. The molecule has 112 valence electrons. The third kappa shape index (κ3) is 4.28. The van der Waals surface area contributed by atoms with Gasteiger partial charge in [-0.25, -0.2) is 0 Å². The van der Waals surface area contributed by atoms with Crippen LogP contribution in [0.3, 0.4) is 0 Å². The van der Waals surface area contributed by atoms with Crippen LogP contribution in [0.1, 0.15) is 5.56 Å². The van der Waals surface area contributed by atoms with Crippen molar-refractivity contribution in [3.8, 4) is 5.75 Å². The monoisotopic (exact) mass is 311 g/mol. The smallest absolute Gasteiger partial charge is 0.404 e. The molecule has 0 N–H and O–H groups in total. The van der Waals surface area contributed by atoms with E-state index in [0.717, 1.165) is 11.0 Å². The molecule has 20 heavy (non-hydrogen) atoms. The van der Waals surface area contributed by atoms with E-state index in [4.69, 9.17) is 16.3 Å². The molecular weight excluding hydrogens is 299 g/mol. The van der Waals surface area contributed by atoms with Crippen molar-refractivity contribution in [3.63, 3.8) is 0 Å². The van der Waals surface area contributed by atoms with Crippen LogP contribution in [0.2, 0.25) is 0 Å². The number of alkyl halides is 4. The van der Waals surface area contributed by atoms with E-state index in [0.29, 0.717) is 5.56 Å². The number of carbonyl (C=O) groups excluding carboxylic acids is 1. The third-order valence-corrected chi connectivity index (χ3v) is 2.60. The number of aryl methyl sites for hydroxylation is 1. The largest absolute Gasteiger partial charge is 0.573 e. The van der Waals surface area contributed by atoms with Gasteiger partial charge in [0.1, 0.15) is 12.6 Å². The molecule has 0 atom stereocenters. The van der Waals surface area contributed by atoms with Crippen LogP contribution in [0, 0.1) is 6.92 Å². The average Bonchev–Trinajstić information content (AvgIpc) is 2.34. The Labute approximate surface area is 119 Å². The molecule has 1 rings (SSSR count). The molecule has 0 bridgehead atoms. The maximum Gasteiger partial charge on any atom is 0.573 e. The van der Waals surface area contributed by atoms with Gasteiger partial charge in [-0.2, -0.15) is 0 Å². The first kappa shape index (κ1) is 16.6. The van der Waals surface area contributed by atoms with Gasteiger partial charge in [-0.1, -0.05) is 12.1 Å². The Morgan fingerprint density at radius 1 is 1.40 bits per heavy atom. The van der Waals surface area contributed by atoms with Gasteiger partial charge in [0.25, 0.3) is 0 Å². The topological polar surface area (TPSA) is 38.8 Å². The van der Waals surface area contributed by atoms with Gasteiger partial charge in [-0.05, 0) is 18.6 Å². The lowest BCUT2D eigenvalue weighted by molar-refractivity contribution is -0.274. The first-order valence-electron chi connectivity index (χ1n) is 5.50. The van der Waals surface area contributed by atoms with Gasteiger partial charge >= 0.3 is 6.36 Å². The highest BCUT2D eigenvalue weighted by atomic mass is 35.5. The number of ether oxygens (including phenoxy) is 2. The molecule has 4 nitrogen and oxygen atoms in total. The molecule has 1 aromatic carbocycles. The number of hydrogen-bond donors (Lipinski definition) is 0.